The molecule has 0 saturated heterocycles. The van der Waals surface area contributed by atoms with Crippen molar-refractivity contribution in [3.63, 3.8) is 0 Å². The third kappa shape index (κ3) is 3.23. The molecule has 0 unspecified atom stereocenters. The van der Waals surface area contributed by atoms with Crippen molar-refractivity contribution in [3.8, 4) is 6.07 Å². The second-order valence-corrected chi connectivity index (χ2v) is 4.78. The Morgan fingerprint density at radius 1 is 1.29 bits per heavy atom. The zero-order valence-corrected chi connectivity index (χ0v) is 10.5. The largest absolute Gasteiger partial charge is 0.250 e. The van der Waals surface area contributed by atoms with Crippen molar-refractivity contribution in [1.82, 2.24) is 4.98 Å². The first-order valence-corrected chi connectivity index (χ1v) is 6.38. The number of nitrogens with zero attached hydrogens (tertiary/aromatic N) is 2. The Bertz CT molecular complexity index is 563. The maximum Gasteiger partial charge on any atom is 0.0993 e. The van der Waals surface area contributed by atoms with E-state index in [4.69, 9.17) is 16.9 Å². The summed E-state index contributed by atoms with van der Waals surface area (Å²) in [4.78, 5) is 4.20. The van der Waals surface area contributed by atoms with E-state index in [-0.39, 0.29) is 0 Å². The molecule has 1 aromatic carbocycles. The fraction of sp³-hybridized carbons (Fsp3) is 0.0769. The van der Waals surface area contributed by atoms with Gasteiger partial charge >= 0.3 is 0 Å². The molecule has 0 bridgehead atoms. The van der Waals surface area contributed by atoms with Gasteiger partial charge in [-0.3, -0.25) is 0 Å². The summed E-state index contributed by atoms with van der Waals surface area (Å²) in [7, 11) is 0. The fourth-order valence-electron chi connectivity index (χ4n) is 1.33. The second kappa shape index (κ2) is 5.72. The van der Waals surface area contributed by atoms with Gasteiger partial charge in [-0.2, -0.15) is 5.26 Å². The molecule has 1 heterocycles. The quantitative estimate of drug-likeness (QED) is 0.786. The normalized spacial score (nSPS) is 9.88. The standard InChI is InChI=1S/C13H9ClN2S/c14-12-4-2-1-3-11(12)9-17-13-7-10(8-15)5-6-16-13/h1-7H,9H2. The van der Waals surface area contributed by atoms with Crippen molar-refractivity contribution < 1.29 is 0 Å². The summed E-state index contributed by atoms with van der Waals surface area (Å²) in [6.45, 7) is 0. The lowest BCUT2D eigenvalue weighted by Gasteiger charge is -2.03. The van der Waals surface area contributed by atoms with Crippen molar-refractivity contribution in [1.29, 1.82) is 5.26 Å². The predicted octanol–water partition coefficient (Wildman–Crippen LogP) is 3.90. The average molecular weight is 261 g/mol. The number of pyridine rings is 1. The maximum absolute atomic E-state index is 8.78. The van der Waals surface area contributed by atoms with Crippen LogP contribution < -0.4 is 0 Å². The summed E-state index contributed by atoms with van der Waals surface area (Å²) in [6, 6.07) is 13.3. The molecule has 0 amide bonds. The van der Waals surface area contributed by atoms with Gasteiger partial charge in [-0.05, 0) is 23.8 Å². The zero-order chi connectivity index (χ0) is 12.1. The van der Waals surface area contributed by atoms with Gasteiger partial charge in [0.1, 0.15) is 0 Å². The third-order valence-corrected chi connectivity index (χ3v) is 3.54. The van der Waals surface area contributed by atoms with E-state index >= 15 is 0 Å². The van der Waals surface area contributed by atoms with Crippen LogP contribution in [0.25, 0.3) is 0 Å². The lowest BCUT2D eigenvalue weighted by molar-refractivity contribution is 1.12. The van der Waals surface area contributed by atoms with Gasteiger partial charge in [0.25, 0.3) is 0 Å². The van der Waals surface area contributed by atoms with Gasteiger partial charge in [-0.1, -0.05) is 29.8 Å². The molecule has 4 heteroatoms. The van der Waals surface area contributed by atoms with E-state index < -0.39 is 0 Å². The Morgan fingerprint density at radius 3 is 2.88 bits per heavy atom. The average Bonchev–Trinajstić information content (AvgIpc) is 2.38. The molecule has 2 aromatic rings. The van der Waals surface area contributed by atoms with Crippen molar-refractivity contribution in [2.75, 3.05) is 0 Å². The SMILES string of the molecule is N#Cc1ccnc(SCc2ccccc2Cl)c1. The minimum atomic E-state index is 0.627. The molecule has 0 N–H and O–H groups in total. The van der Waals surface area contributed by atoms with Crippen molar-refractivity contribution in [2.45, 2.75) is 10.8 Å². The Hall–Kier alpha value is -1.50. The summed E-state index contributed by atoms with van der Waals surface area (Å²) < 4.78 is 0. The molecule has 2 rings (SSSR count). The van der Waals surface area contributed by atoms with Crippen LogP contribution >= 0.6 is 23.4 Å². The molecule has 0 aliphatic heterocycles. The lowest BCUT2D eigenvalue weighted by atomic mass is 10.2. The van der Waals surface area contributed by atoms with E-state index in [0.29, 0.717) is 5.56 Å². The molecule has 0 atom stereocenters. The first-order valence-electron chi connectivity index (χ1n) is 5.02. The molecule has 0 radical (unpaired) electrons. The number of halogens is 1. The van der Waals surface area contributed by atoms with Crippen LogP contribution in [0.2, 0.25) is 5.02 Å². The van der Waals surface area contributed by atoms with Crippen LogP contribution in [0.3, 0.4) is 0 Å². The van der Waals surface area contributed by atoms with E-state index in [2.05, 4.69) is 11.1 Å². The third-order valence-electron chi connectivity index (χ3n) is 2.20. The smallest absolute Gasteiger partial charge is 0.0993 e. The first kappa shape index (κ1) is 12.0. The van der Waals surface area contributed by atoms with Crippen LogP contribution in [0.5, 0.6) is 0 Å². The summed E-state index contributed by atoms with van der Waals surface area (Å²) in [5.74, 6) is 0.752. The highest BCUT2D eigenvalue weighted by molar-refractivity contribution is 7.98. The number of hydrogen-bond acceptors (Lipinski definition) is 3. The molecule has 1 aromatic heterocycles. The van der Waals surface area contributed by atoms with Crippen LogP contribution in [-0.2, 0) is 5.75 Å². The van der Waals surface area contributed by atoms with Crippen LogP contribution in [-0.4, -0.2) is 4.98 Å². The molecule has 0 spiro atoms. The Morgan fingerprint density at radius 2 is 2.12 bits per heavy atom. The van der Waals surface area contributed by atoms with E-state index in [1.54, 1.807) is 30.1 Å². The van der Waals surface area contributed by atoms with Crippen LogP contribution in [0, 0.1) is 11.3 Å². The van der Waals surface area contributed by atoms with E-state index in [1.807, 2.05) is 24.3 Å². The first-order chi connectivity index (χ1) is 8.29. The van der Waals surface area contributed by atoms with Gasteiger partial charge in [-0.15, -0.1) is 11.8 Å². The van der Waals surface area contributed by atoms with Crippen molar-refractivity contribution in [3.05, 3.63) is 58.7 Å². The zero-order valence-electron chi connectivity index (χ0n) is 8.93. The molecular weight excluding hydrogens is 252 g/mol. The number of thioether (sulfide) groups is 1. The predicted molar refractivity (Wildman–Crippen MR) is 70.0 cm³/mol. The lowest BCUT2D eigenvalue weighted by Crippen LogP contribution is -1.85. The summed E-state index contributed by atoms with van der Waals surface area (Å²) in [6.07, 6.45) is 1.65. The molecule has 2 nitrogen and oxygen atoms in total. The summed E-state index contributed by atoms with van der Waals surface area (Å²) in [5.41, 5.74) is 1.70. The number of aromatic nitrogens is 1. The molecule has 0 fully saturated rings. The minimum absolute atomic E-state index is 0.627. The molecular formula is C13H9ClN2S. The highest BCUT2D eigenvalue weighted by Crippen LogP contribution is 2.25. The van der Waals surface area contributed by atoms with Gasteiger partial charge in [0.2, 0.25) is 0 Å². The highest BCUT2D eigenvalue weighted by Gasteiger charge is 2.02. The summed E-state index contributed by atoms with van der Waals surface area (Å²) >= 11 is 7.63. The van der Waals surface area contributed by atoms with E-state index in [1.165, 1.54) is 0 Å². The van der Waals surface area contributed by atoms with Gasteiger partial charge in [0, 0.05) is 17.0 Å². The highest BCUT2D eigenvalue weighted by atomic mass is 35.5. The van der Waals surface area contributed by atoms with Gasteiger partial charge in [0.15, 0.2) is 0 Å². The number of benzene rings is 1. The second-order valence-electron chi connectivity index (χ2n) is 3.37. The number of nitriles is 1. The molecule has 0 aliphatic rings. The number of hydrogen-bond donors (Lipinski definition) is 0. The van der Waals surface area contributed by atoms with Crippen LogP contribution in [0.15, 0.2) is 47.6 Å². The van der Waals surface area contributed by atoms with Gasteiger partial charge < -0.3 is 0 Å². The molecule has 84 valence electrons. The van der Waals surface area contributed by atoms with Crippen LogP contribution in [0.1, 0.15) is 11.1 Å². The molecule has 0 aliphatic carbocycles. The Kier molecular flexibility index (Phi) is 4.03. The molecule has 0 saturated carbocycles. The van der Waals surface area contributed by atoms with E-state index in [0.717, 1.165) is 21.4 Å². The summed E-state index contributed by atoms with van der Waals surface area (Å²) in [5, 5.41) is 10.4. The van der Waals surface area contributed by atoms with Crippen molar-refractivity contribution in [2.24, 2.45) is 0 Å². The topological polar surface area (TPSA) is 36.7 Å². The van der Waals surface area contributed by atoms with Gasteiger partial charge in [0.05, 0.1) is 16.7 Å². The Labute approximate surface area is 109 Å². The van der Waals surface area contributed by atoms with Crippen molar-refractivity contribution >= 4 is 23.4 Å². The Balaban J connectivity index is 2.08. The van der Waals surface area contributed by atoms with E-state index in [9.17, 15) is 0 Å². The number of rotatable bonds is 3. The molecule has 17 heavy (non-hydrogen) atoms. The minimum Gasteiger partial charge on any atom is -0.250 e. The van der Waals surface area contributed by atoms with Gasteiger partial charge in [-0.25, -0.2) is 4.98 Å². The monoisotopic (exact) mass is 260 g/mol. The maximum atomic E-state index is 8.78. The van der Waals surface area contributed by atoms with Crippen LogP contribution in [0.4, 0.5) is 0 Å². The fourth-order valence-corrected chi connectivity index (χ4v) is 2.51.